The molecule has 0 bridgehead atoms. The molecule has 0 spiro atoms. The van der Waals surface area contributed by atoms with Gasteiger partial charge in [-0.05, 0) is 66.1 Å². The van der Waals surface area contributed by atoms with E-state index in [1.165, 1.54) is 22.3 Å². The summed E-state index contributed by atoms with van der Waals surface area (Å²) in [4.78, 5) is 23.0. The van der Waals surface area contributed by atoms with E-state index in [2.05, 4.69) is 39.1 Å². The first-order chi connectivity index (χ1) is 14.8. The Hall–Kier alpha value is -2.92. The van der Waals surface area contributed by atoms with Gasteiger partial charge in [-0.25, -0.2) is 4.98 Å². The van der Waals surface area contributed by atoms with Gasteiger partial charge in [0.15, 0.2) is 0 Å². The van der Waals surface area contributed by atoms with Gasteiger partial charge in [-0.1, -0.05) is 24.3 Å². The van der Waals surface area contributed by atoms with Crippen LogP contribution in [0.2, 0.25) is 0 Å². The number of aromatic nitrogens is 2. The predicted octanol–water partition coefficient (Wildman–Crippen LogP) is 4.31. The van der Waals surface area contributed by atoms with Crippen LogP contribution in [-0.2, 0) is 11.2 Å². The van der Waals surface area contributed by atoms with Gasteiger partial charge < -0.3 is 14.6 Å². The van der Waals surface area contributed by atoms with Crippen LogP contribution >= 0.6 is 0 Å². The number of benzene rings is 2. The van der Waals surface area contributed by atoms with Crippen molar-refractivity contribution in [2.45, 2.75) is 37.6 Å². The van der Waals surface area contributed by atoms with Crippen molar-refractivity contribution in [3.8, 4) is 0 Å². The summed E-state index contributed by atoms with van der Waals surface area (Å²) in [6.07, 6.45) is 8.04. The molecule has 0 saturated carbocycles. The largest absolute Gasteiger partial charge is 0.377 e. The molecule has 3 heterocycles. The predicted molar refractivity (Wildman–Crippen MR) is 116 cm³/mol. The number of rotatable bonds is 2. The monoisotopic (exact) mass is 399 g/mol. The summed E-state index contributed by atoms with van der Waals surface area (Å²) in [5.74, 6) is 0.579. The number of likely N-dealkylation sites (tertiary alicyclic amines) is 1. The number of carbonyl (C=O) groups is 1. The maximum Gasteiger partial charge on any atom is 0.254 e. The van der Waals surface area contributed by atoms with Crippen molar-refractivity contribution in [2.24, 2.45) is 0 Å². The molecule has 5 nitrogen and oxygen atoms in total. The number of carbonyl (C=O) groups excluding carboxylic acids is 1. The van der Waals surface area contributed by atoms with Gasteiger partial charge in [0.05, 0.1) is 30.6 Å². The van der Waals surface area contributed by atoms with Crippen molar-refractivity contribution in [2.75, 3.05) is 19.8 Å². The molecule has 1 aliphatic carbocycles. The first-order valence-electron chi connectivity index (χ1n) is 10.9. The van der Waals surface area contributed by atoms with Gasteiger partial charge in [0.2, 0.25) is 0 Å². The molecule has 1 saturated heterocycles. The molecule has 2 atom stereocenters. The van der Waals surface area contributed by atoms with E-state index in [9.17, 15) is 4.79 Å². The summed E-state index contributed by atoms with van der Waals surface area (Å²) < 4.78 is 5.48. The average Bonchev–Trinajstić information content (AvgIpc) is 3.42. The fourth-order valence-corrected chi connectivity index (χ4v) is 5.50. The van der Waals surface area contributed by atoms with Gasteiger partial charge in [0.25, 0.3) is 5.91 Å². The van der Waals surface area contributed by atoms with Gasteiger partial charge in [-0.3, -0.25) is 4.79 Å². The van der Waals surface area contributed by atoms with E-state index in [-0.39, 0.29) is 11.9 Å². The van der Waals surface area contributed by atoms with E-state index >= 15 is 0 Å². The zero-order valence-corrected chi connectivity index (χ0v) is 16.9. The van der Waals surface area contributed by atoms with Crippen molar-refractivity contribution in [3.63, 3.8) is 0 Å². The molecule has 0 radical (unpaired) electrons. The molecular weight excluding hydrogens is 374 g/mol. The third-order valence-corrected chi connectivity index (χ3v) is 7.02. The van der Waals surface area contributed by atoms with Crippen LogP contribution in [-0.4, -0.2) is 46.6 Å². The Balaban J connectivity index is 1.30. The van der Waals surface area contributed by atoms with Crippen molar-refractivity contribution in [1.29, 1.82) is 0 Å². The van der Waals surface area contributed by atoms with Crippen LogP contribution in [0.4, 0.5) is 0 Å². The van der Waals surface area contributed by atoms with E-state index in [1.807, 2.05) is 18.2 Å². The maximum atomic E-state index is 13.4. The van der Waals surface area contributed by atoms with E-state index in [0.29, 0.717) is 12.5 Å². The normalized spacial score (nSPS) is 23.2. The van der Waals surface area contributed by atoms with E-state index in [0.717, 1.165) is 55.4 Å². The minimum Gasteiger partial charge on any atom is -0.377 e. The van der Waals surface area contributed by atoms with Crippen LogP contribution in [0.5, 0.6) is 0 Å². The Morgan fingerprint density at radius 2 is 2.17 bits per heavy atom. The van der Waals surface area contributed by atoms with E-state index in [4.69, 9.17) is 4.74 Å². The number of amides is 1. The van der Waals surface area contributed by atoms with Gasteiger partial charge in [-0.15, -0.1) is 0 Å². The second-order valence-electron chi connectivity index (χ2n) is 8.62. The van der Waals surface area contributed by atoms with E-state index in [1.54, 1.807) is 6.33 Å². The molecule has 5 heteroatoms. The van der Waals surface area contributed by atoms with Crippen molar-refractivity contribution in [3.05, 3.63) is 71.1 Å². The number of imidazole rings is 1. The zero-order chi connectivity index (χ0) is 20.1. The lowest BCUT2D eigenvalue weighted by Crippen LogP contribution is -2.46. The summed E-state index contributed by atoms with van der Waals surface area (Å²) in [6.45, 7) is 2.35. The molecular formula is C25H25N3O2. The number of nitrogens with one attached hydrogen (secondary N) is 1. The Morgan fingerprint density at radius 3 is 3.07 bits per heavy atom. The van der Waals surface area contributed by atoms with Gasteiger partial charge >= 0.3 is 0 Å². The lowest BCUT2D eigenvalue weighted by molar-refractivity contribution is 0.0595. The van der Waals surface area contributed by atoms with Gasteiger partial charge in [-0.2, -0.15) is 0 Å². The fraction of sp³-hybridized carbons (Fsp3) is 0.360. The highest BCUT2D eigenvalue weighted by Crippen LogP contribution is 2.43. The molecule has 30 heavy (non-hydrogen) atoms. The third-order valence-electron chi connectivity index (χ3n) is 7.02. The Bertz CT molecular complexity index is 1160. The van der Waals surface area contributed by atoms with E-state index < -0.39 is 0 Å². The summed E-state index contributed by atoms with van der Waals surface area (Å²) in [6, 6.07) is 13.0. The molecule has 3 aromatic rings. The molecule has 6 rings (SSSR count). The quantitative estimate of drug-likeness (QED) is 0.699. The number of hydrogen-bond acceptors (Lipinski definition) is 3. The number of fused-ring (bicyclic) bond motifs is 4. The molecule has 2 aliphatic heterocycles. The fourth-order valence-electron chi connectivity index (χ4n) is 5.50. The van der Waals surface area contributed by atoms with Crippen LogP contribution in [0, 0.1) is 0 Å². The minimum absolute atomic E-state index is 0.140. The lowest BCUT2D eigenvalue weighted by Gasteiger charge is -2.38. The number of ether oxygens (including phenoxy) is 1. The van der Waals surface area contributed by atoms with Crippen LogP contribution < -0.4 is 0 Å². The highest BCUT2D eigenvalue weighted by Gasteiger charge is 2.41. The number of nitrogens with zero attached hydrogens (tertiary/aromatic N) is 2. The summed E-state index contributed by atoms with van der Waals surface area (Å²) in [7, 11) is 0. The number of aromatic amines is 1. The molecule has 1 fully saturated rings. The first kappa shape index (κ1) is 17.9. The van der Waals surface area contributed by atoms with Gasteiger partial charge in [0, 0.05) is 24.1 Å². The highest BCUT2D eigenvalue weighted by molar-refractivity contribution is 5.97. The molecule has 1 N–H and O–H groups in total. The third kappa shape index (κ3) is 2.88. The number of piperidine rings is 1. The summed E-state index contributed by atoms with van der Waals surface area (Å²) >= 11 is 0. The van der Waals surface area contributed by atoms with Crippen LogP contribution in [0.3, 0.4) is 0 Å². The minimum atomic E-state index is 0.140. The smallest absolute Gasteiger partial charge is 0.254 e. The molecule has 2 aromatic carbocycles. The lowest BCUT2D eigenvalue weighted by atomic mass is 9.87. The number of H-pyrrole nitrogens is 1. The Kier molecular flexibility index (Phi) is 4.23. The van der Waals surface area contributed by atoms with Crippen molar-refractivity contribution in [1.82, 2.24) is 14.9 Å². The van der Waals surface area contributed by atoms with Gasteiger partial charge in [0.1, 0.15) is 0 Å². The van der Waals surface area contributed by atoms with Crippen LogP contribution in [0.25, 0.3) is 16.6 Å². The average molecular weight is 399 g/mol. The first-order valence-corrected chi connectivity index (χ1v) is 10.9. The maximum absolute atomic E-state index is 13.4. The Morgan fingerprint density at radius 1 is 1.20 bits per heavy atom. The second-order valence-corrected chi connectivity index (χ2v) is 8.62. The summed E-state index contributed by atoms with van der Waals surface area (Å²) in [5.41, 5.74) is 8.13. The molecule has 0 unspecified atom stereocenters. The van der Waals surface area contributed by atoms with Crippen LogP contribution in [0.1, 0.15) is 52.2 Å². The van der Waals surface area contributed by atoms with Crippen molar-refractivity contribution >= 4 is 22.5 Å². The summed E-state index contributed by atoms with van der Waals surface area (Å²) in [5, 5.41) is 0. The molecule has 1 aromatic heterocycles. The SMILES string of the molecule is O=C(c1ccc2nc[nH]c2c1)N1CCC[C@@H]2c3cc(C4=CCOCC4)ccc3C[C@@H]21. The highest BCUT2D eigenvalue weighted by atomic mass is 16.5. The van der Waals surface area contributed by atoms with Crippen LogP contribution in [0.15, 0.2) is 48.8 Å². The number of hydrogen-bond donors (Lipinski definition) is 1. The molecule has 152 valence electrons. The second kappa shape index (κ2) is 7.10. The molecule has 3 aliphatic rings. The Labute approximate surface area is 175 Å². The molecule has 1 amide bonds. The zero-order valence-electron chi connectivity index (χ0n) is 16.9. The van der Waals surface area contributed by atoms with Crippen molar-refractivity contribution < 1.29 is 9.53 Å². The standard InChI is InChI=1S/C25H25N3O2/c29-25(19-5-6-22-23(13-19)27-15-26-22)28-9-1-2-20-21-12-17(16-7-10-30-11-8-16)3-4-18(21)14-24(20)28/h3-7,12-13,15,20,24H,1-2,8-11,14H2,(H,26,27)/t20-,24+/m1/s1. The topological polar surface area (TPSA) is 58.2 Å².